The Balaban J connectivity index is 1.46. The van der Waals surface area contributed by atoms with Gasteiger partial charge in [0, 0.05) is 18.6 Å². The molecule has 2 nitrogen and oxygen atoms in total. The Labute approximate surface area is 123 Å². The van der Waals surface area contributed by atoms with Crippen LogP contribution in [0.5, 0.6) is 0 Å². The fraction of sp³-hybridized carbons (Fsp3) is 0.667. The van der Waals surface area contributed by atoms with E-state index in [0.717, 1.165) is 31.6 Å². The van der Waals surface area contributed by atoms with Crippen LogP contribution in [-0.4, -0.2) is 30.1 Å². The molecule has 0 atom stereocenters. The third-order valence-electron chi connectivity index (χ3n) is 4.41. The van der Waals surface area contributed by atoms with Gasteiger partial charge in [-0.3, -0.25) is 4.90 Å². The second-order valence-electron chi connectivity index (χ2n) is 6.50. The van der Waals surface area contributed by atoms with E-state index < -0.39 is 0 Å². The van der Waals surface area contributed by atoms with Crippen molar-refractivity contribution in [3.05, 3.63) is 35.4 Å². The van der Waals surface area contributed by atoms with E-state index in [1.165, 1.54) is 49.8 Å². The van der Waals surface area contributed by atoms with E-state index in [0.29, 0.717) is 0 Å². The number of nitrogens with zero attached hydrogens (tertiary/aromatic N) is 1. The lowest BCUT2D eigenvalue weighted by atomic mass is 10.1. The van der Waals surface area contributed by atoms with Crippen LogP contribution >= 0.6 is 0 Å². The van der Waals surface area contributed by atoms with Crippen molar-refractivity contribution >= 4 is 0 Å². The zero-order valence-corrected chi connectivity index (χ0v) is 12.8. The molecule has 1 N–H and O–H groups in total. The second kappa shape index (κ2) is 6.73. The van der Waals surface area contributed by atoms with Gasteiger partial charge in [0.25, 0.3) is 0 Å². The molecule has 2 aliphatic carbocycles. The molecule has 0 aromatic heterocycles. The maximum atomic E-state index is 3.58. The summed E-state index contributed by atoms with van der Waals surface area (Å²) in [5.41, 5.74) is 2.94. The van der Waals surface area contributed by atoms with Gasteiger partial charge in [-0.2, -0.15) is 0 Å². The average Bonchev–Trinajstić information content (AvgIpc) is 3.34. The highest BCUT2D eigenvalue weighted by Crippen LogP contribution is 2.28. The van der Waals surface area contributed by atoms with E-state index in [-0.39, 0.29) is 0 Å². The molecule has 2 fully saturated rings. The number of benzene rings is 1. The van der Waals surface area contributed by atoms with E-state index in [1.54, 1.807) is 0 Å². The molecule has 20 heavy (non-hydrogen) atoms. The molecule has 110 valence electrons. The Morgan fingerprint density at radius 1 is 1.05 bits per heavy atom. The third kappa shape index (κ3) is 4.32. The SMILES string of the molecule is CCCN(Cc1ccc(CCNC2CC2)cc1)C1CC1. The Hall–Kier alpha value is -0.860. The van der Waals surface area contributed by atoms with Gasteiger partial charge in [0.05, 0.1) is 0 Å². The van der Waals surface area contributed by atoms with Crippen LogP contribution in [0.25, 0.3) is 0 Å². The van der Waals surface area contributed by atoms with Crippen molar-refractivity contribution in [3.63, 3.8) is 0 Å². The summed E-state index contributed by atoms with van der Waals surface area (Å²) in [6.07, 6.45) is 8.01. The highest BCUT2D eigenvalue weighted by Gasteiger charge is 2.28. The van der Waals surface area contributed by atoms with Gasteiger partial charge in [-0.05, 0) is 62.7 Å². The van der Waals surface area contributed by atoms with Gasteiger partial charge in [0.1, 0.15) is 0 Å². The Morgan fingerprint density at radius 2 is 1.75 bits per heavy atom. The van der Waals surface area contributed by atoms with Crippen LogP contribution in [0.4, 0.5) is 0 Å². The van der Waals surface area contributed by atoms with Crippen molar-refractivity contribution in [2.45, 2.75) is 64.1 Å². The van der Waals surface area contributed by atoms with Crippen molar-refractivity contribution in [2.24, 2.45) is 0 Å². The van der Waals surface area contributed by atoms with Crippen molar-refractivity contribution < 1.29 is 0 Å². The zero-order valence-electron chi connectivity index (χ0n) is 12.8. The van der Waals surface area contributed by atoms with Gasteiger partial charge in [0.15, 0.2) is 0 Å². The molecule has 0 aliphatic heterocycles. The van der Waals surface area contributed by atoms with E-state index in [1.807, 2.05) is 0 Å². The standard InChI is InChI=1S/C18H28N2/c1-2-13-20(18-9-10-18)14-16-5-3-15(4-6-16)11-12-19-17-7-8-17/h3-6,17-19H,2,7-14H2,1H3. The Kier molecular flexibility index (Phi) is 4.74. The fourth-order valence-electron chi connectivity index (χ4n) is 2.87. The molecule has 3 rings (SSSR count). The zero-order chi connectivity index (χ0) is 13.8. The van der Waals surface area contributed by atoms with Crippen LogP contribution < -0.4 is 5.32 Å². The first-order valence-corrected chi connectivity index (χ1v) is 8.40. The van der Waals surface area contributed by atoms with Gasteiger partial charge in [-0.25, -0.2) is 0 Å². The first-order chi connectivity index (χ1) is 9.85. The highest BCUT2D eigenvalue weighted by molar-refractivity contribution is 5.23. The van der Waals surface area contributed by atoms with Gasteiger partial charge >= 0.3 is 0 Å². The third-order valence-corrected chi connectivity index (χ3v) is 4.41. The van der Waals surface area contributed by atoms with Gasteiger partial charge in [-0.15, -0.1) is 0 Å². The first-order valence-electron chi connectivity index (χ1n) is 8.40. The average molecular weight is 272 g/mol. The summed E-state index contributed by atoms with van der Waals surface area (Å²) >= 11 is 0. The molecule has 0 heterocycles. The normalized spacial score (nSPS) is 18.7. The molecule has 0 spiro atoms. The molecule has 1 aromatic carbocycles. The monoisotopic (exact) mass is 272 g/mol. The van der Waals surface area contributed by atoms with Crippen molar-refractivity contribution in [1.29, 1.82) is 0 Å². The van der Waals surface area contributed by atoms with Crippen LogP contribution in [0.3, 0.4) is 0 Å². The molecule has 2 aliphatic rings. The molecule has 0 radical (unpaired) electrons. The number of rotatable bonds is 9. The largest absolute Gasteiger partial charge is 0.314 e. The molecule has 0 amide bonds. The molecule has 2 heteroatoms. The van der Waals surface area contributed by atoms with Crippen LogP contribution in [0, 0.1) is 0 Å². The van der Waals surface area contributed by atoms with Crippen molar-refractivity contribution in [2.75, 3.05) is 13.1 Å². The number of hydrogen-bond donors (Lipinski definition) is 1. The summed E-state index contributed by atoms with van der Waals surface area (Å²) in [6, 6.07) is 11.0. The minimum absolute atomic E-state index is 0.829. The van der Waals surface area contributed by atoms with E-state index in [2.05, 4.69) is 41.4 Å². The van der Waals surface area contributed by atoms with Crippen LogP contribution in [0.2, 0.25) is 0 Å². The maximum absolute atomic E-state index is 3.58. The Morgan fingerprint density at radius 3 is 2.35 bits per heavy atom. The minimum Gasteiger partial charge on any atom is -0.314 e. The smallest absolute Gasteiger partial charge is 0.0236 e. The topological polar surface area (TPSA) is 15.3 Å². The van der Waals surface area contributed by atoms with Crippen molar-refractivity contribution in [3.8, 4) is 0 Å². The summed E-state index contributed by atoms with van der Waals surface area (Å²) < 4.78 is 0. The lowest BCUT2D eigenvalue weighted by Gasteiger charge is -2.21. The quantitative estimate of drug-likeness (QED) is 0.741. The van der Waals surface area contributed by atoms with E-state index >= 15 is 0 Å². The van der Waals surface area contributed by atoms with Gasteiger partial charge in [-0.1, -0.05) is 31.2 Å². The molecule has 0 bridgehead atoms. The van der Waals surface area contributed by atoms with E-state index in [9.17, 15) is 0 Å². The molecular weight excluding hydrogens is 244 g/mol. The first kappa shape index (κ1) is 14.1. The van der Waals surface area contributed by atoms with Gasteiger partial charge in [0.2, 0.25) is 0 Å². The second-order valence-corrected chi connectivity index (χ2v) is 6.50. The summed E-state index contributed by atoms with van der Waals surface area (Å²) in [4.78, 5) is 2.66. The highest BCUT2D eigenvalue weighted by atomic mass is 15.2. The lowest BCUT2D eigenvalue weighted by molar-refractivity contribution is 0.255. The molecular formula is C18H28N2. The molecule has 2 saturated carbocycles. The lowest BCUT2D eigenvalue weighted by Crippen LogP contribution is -2.26. The predicted octanol–water partition coefficient (Wildman–Crippen LogP) is 3.36. The summed E-state index contributed by atoms with van der Waals surface area (Å²) in [6.45, 7) is 5.80. The van der Waals surface area contributed by atoms with Crippen LogP contribution in [0.1, 0.15) is 50.2 Å². The summed E-state index contributed by atoms with van der Waals surface area (Å²) in [7, 11) is 0. The molecule has 0 unspecified atom stereocenters. The van der Waals surface area contributed by atoms with Crippen molar-refractivity contribution in [1.82, 2.24) is 10.2 Å². The van der Waals surface area contributed by atoms with E-state index in [4.69, 9.17) is 0 Å². The maximum Gasteiger partial charge on any atom is 0.0236 e. The number of hydrogen-bond acceptors (Lipinski definition) is 2. The van der Waals surface area contributed by atoms with Crippen LogP contribution in [-0.2, 0) is 13.0 Å². The molecule has 1 aromatic rings. The van der Waals surface area contributed by atoms with Gasteiger partial charge < -0.3 is 5.32 Å². The fourth-order valence-corrected chi connectivity index (χ4v) is 2.87. The molecule has 0 saturated heterocycles. The predicted molar refractivity (Wildman–Crippen MR) is 84.9 cm³/mol. The summed E-state index contributed by atoms with van der Waals surface area (Å²) in [5, 5.41) is 3.58. The Bertz CT molecular complexity index is 404. The number of nitrogens with one attached hydrogen (secondary N) is 1. The van der Waals surface area contributed by atoms with Crippen LogP contribution in [0.15, 0.2) is 24.3 Å². The minimum atomic E-state index is 0.829. The summed E-state index contributed by atoms with van der Waals surface area (Å²) in [5.74, 6) is 0.